The molecule has 0 saturated heterocycles. The second-order valence-corrected chi connectivity index (χ2v) is 9.28. The molecule has 0 rings (SSSR count). The van der Waals surface area contributed by atoms with Gasteiger partial charge in [-0.1, -0.05) is 31.4 Å². The van der Waals surface area contributed by atoms with Crippen LogP contribution in [0.2, 0.25) is 19.6 Å². The van der Waals surface area contributed by atoms with E-state index in [2.05, 4.69) is 37.3 Å². The van der Waals surface area contributed by atoms with Crippen LogP contribution in [0.15, 0.2) is 11.8 Å². The minimum atomic E-state index is -0.947. The fraction of sp³-hybridized carbons (Fsp3) is 0.636. The molecule has 0 saturated carbocycles. The molecular formula is C11H20Si. The van der Waals surface area contributed by atoms with E-state index in [1.54, 1.807) is 0 Å². The lowest BCUT2D eigenvalue weighted by Gasteiger charge is -2.07. The predicted molar refractivity (Wildman–Crippen MR) is 59.8 cm³/mol. The summed E-state index contributed by atoms with van der Waals surface area (Å²) in [5, 5.41) is 0. The summed E-state index contributed by atoms with van der Waals surface area (Å²) < 4.78 is 0. The van der Waals surface area contributed by atoms with E-state index in [0.717, 1.165) is 6.42 Å². The van der Waals surface area contributed by atoms with Crippen LogP contribution in [0, 0.1) is 12.3 Å². The van der Waals surface area contributed by atoms with Crippen LogP contribution in [0.4, 0.5) is 0 Å². The van der Waals surface area contributed by atoms with E-state index < -0.39 is 8.07 Å². The highest BCUT2D eigenvalue weighted by molar-refractivity contribution is 6.80. The van der Waals surface area contributed by atoms with Gasteiger partial charge in [0, 0.05) is 6.42 Å². The predicted octanol–water partition coefficient (Wildman–Crippen LogP) is 3.61. The zero-order valence-corrected chi connectivity index (χ0v) is 9.56. The SMILES string of the molecule is C#CCCCC/C=C\[Si](C)(C)C. The Labute approximate surface area is 78.1 Å². The fourth-order valence-electron chi connectivity index (χ4n) is 0.926. The van der Waals surface area contributed by atoms with Crippen LogP contribution in [0.25, 0.3) is 0 Å². The van der Waals surface area contributed by atoms with Crippen molar-refractivity contribution >= 4 is 8.07 Å². The molecule has 0 heterocycles. The Morgan fingerprint density at radius 2 is 1.92 bits per heavy atom. The molecule has 1 heteroatoms. The molecule has 0 radical (unpaired) electrons. The van der Waals surface area contributed by atoms with Gasteiger partial charge >= 0.3 is 0 Å². The van der Waals surface area contributed by atoms with Crippen LogP contribution in [0.5, 0.6) is 0 Å². The molecule has 0 aromatic carbocycles. The molecule has 0 bridgehead atoms. The van der Waals surface area contributed by atoms with Crippen molar-refractivity contribution in [3.8, 4) is 12.3 Å². The Bertz CT molecular complexity index is 166. The monoisotopic (exact) mass is 180 g/mol. The summed E-state index contributed by atoms with van der Waals surface area (Å²) in [6.45, 7) is 7.06. The molecule has 0 spiro atoms. The molecule has 0 aromatic heterocycles. The molecule has 0 aliphatic heterocycles. The molecule has 0 amide bonds. The largest absolute Gasteiger partial charge is 0.120 e. The van der Waals surface area contributed by atoms with Gasteiger partial charge < -0.3 is 0 Å². The van der Waals surface area contributed by atoms with Gasteiger partial charge in [0.05, 0.1) is 8.07 Å². The van der Waals surface area contributed by atoms with Gasteiger partial charge in [0.25, 0.3) is 0 Å². The van der Waals surface area contributed by atoms with Crippen LogP contribution < -0.4 is 0 Å². The summed E-state index contributed by atoms with van der Waals surface area (Å²) >= 11 is 0. The highest BCUT2D eigenvalue weighted by Gasteiger charge is 2.05. The van der Waals surface area contributed by atoms with Gasteiger partial charge in [-0.15, -0.1) is 12.3 Å². The second kappa shape index (κ2) is 6.08. The summed E-state index contributed by atoms with van der Waals surface area (Å²) in [6, 6.07) is 0. The molecule has 0 N–H and O–H groups in total. The van der Waals surface area contributed by atoms with E-state index in [-0.39, 0.29) is 0 Å². The molecular weight excluding hydrogens is 160 g/mol. The molecule has 0 aliphatic rings. The summed E-state index contributed by atoms with van der Waals surface area (Å²) in [7, 11) is -0.947. The first kappa shape index (κ1) is 11.5. The molecule has 12 heavy (non-hydrogen) atoms. The van der Waals surface area contributed by atoms with Crippen LogP contribution in [-0.4, -0.2) is 8.07 Å². The fourth-order valence-corrected chi connectivity index (χ4v) is 1.80. The third-order valence-corrected chi connectivity index (χ3v) is 2.80. The zero-order chi connectivity index (χ0) is 9.45. The lowest BCUT2D eigenvalue weighted by Crippen LogP contribution is -2.15. The van der Waals surface area contributed by atoms with E-state index in [9.17, 15) is 0 Å². The molecule has 68 valence electrons. The van der Waals surface area contributed by atoms with E-state index in [1.165, 1.54) is 19.3 Å². The summed E-state index contributed by atoms with van der Waals surface area (Å²) in [5.41, 5.74) is 2.41. The lowest BCUT2D eigenvalue weighted by molar-refractivity contribution is 0.772. The molecule has 0 aliphatic carbocycles. The lowest BCUT2D eigenvalue weighted by atomic mass is 10.2. The third-order valence-electron chi connectivity index (χ3n) is 1.56. The van der Waals surface area contributed by atoms with E-state index >= 15 is 0 Å². The van der Waals surface area contributed by atoms with Crippen molar-refractivity contribution in [3.05, 3.63) is 11.8 Å². The van der Waals surface area contributed by atoms with Gasteiger partial charge in [0.15, 0.2) is 0 Å². The van der Waals surface area contributed by atoms with Gasteiger partial charge in [-0.25, -0.2) is 0 Å². The maximum Gasteiger partial charge on any atom is 0.0682 e. The van der Waals surface area contributed by atoms with Gasteiger partial charge in [0.1, 0.15) is 0 Å². The zero-order valence-electron chi connectivity index (χ0n) is 8.56. The number of hydrogen-bond donors (Lipinski definition) is 0. The number of allylic oxidation sites excluding steroid dienone is 1. The van der Waals surface area contributed by atoms with Gasteiger partial charge in [0.2, 0.25) is 0 Å². The average molecular weight is 180 g/mol. The highest BCUT2D eigenvalue weighted by Crippen LogP contribution is 2.05. The first-order valence-corrected chi connectivity index (χ1v) is 8.25. The van der Waals surface area contributed by atoms with Crippen molar-refractivity contribution in [1.82, 2.24) is 0 Å². The van der Waals surface area contributed by atoms with Crippen LogP contribution >= 0.6 is 0 Å². The topological polar surface area (TPSA) is 0 Å². The summed E-state index contributed by atoms with van der Waals surface area (Å²) in [5.74, 6) is 2.66. The average Bonchev–Trinajstić information content (AvgIpc) is 1.94. The van der Waals surface area contributed by atoms with Gasteiger partial charge in [-0.2, -0.15) is 0 Å². The van der Waals surface area contributed by atoms with Crippen molar-refractivity contribution in [2.75, 3.05) is 0 Å². The number of unbranched alkanes of at least 4 members (excludes halogenated alkanes) is 3. The standard InChI is InChI=1S/C11H20Si/c1-5-6-7-8-9-10-11-12(2,3)4/h1,10-11H,6-9H2,2-4H3/b11-10-. The third kappa shape index (κ3) is 9.52. The maximum absolute atomic E-state index is 5.15. The molecule has 0 aromatic rings. The van der Waals surface area contributed by atoms with Crippen molar-refractivity contribution in [2.24, 2.45) is 0 Å². The summed E-state index contributed by atoms with van der Waals surface area (Å²) in [4.78, 5) is 0. The Kier molecular flexibility index (Phi) is 5.83. The Balaban J connectivity index is 3.32. The van der Waals surface area contributed by atoms with E-state index in [0.29, 0.717) is 0 Å². The molecule has 0 unspecified atom stereocenters. The van der Waals surface area contributed by atoms with Crippen molar-refractivity contribution < 1.29 is 0 Å². The highest BCUT2D eigenvalue weighted by atomic mass is 28.3. The summed E-state index contributed by atoms with van der Waals surface area (Å²) in [6.07, 6.45) is 12.0. The smallest absolute Gasteiger partial charge is 0.0682 e. The van der Waals surface area contributed by atoms with Crippen molar-refractivity contribution in [1.29, 1.82) is 0 Å². The normalized spacial score (nSPS) is 11.8. The molecule has 0 nitrogen and oxygen atoms in total. The Morgan fingerprint density at radius 1 is 1.25 bits per heavy atom. The van der Waals surface area contributed by atoms with Crippen LogP contribution in [0.3, 0.4) is 0 Å². The Hall–Kier alpha value is -0.483. The number of terminal acetylenes is 1. The maximum atomic E-state index is 5.15. The molecule has 0 atom stereocenters. The minimum Gasteiger partial charge on any atom is -0.120 e. The number of hydrogen-bond acceptors (Lipinski definition) is 0. The quantitative estimate of drug-likeness (QED) is 0.344. The first-order chi connectivity index (χ1) is 5.56. The van der Waals surface area contributed by atoms with Crippen LogP contribution in [0.1, 0.15) is 25.7 Å². The minimum absolute atomic E-state index is 0.931. The number of rotatable bonds is 5. The van der Waals surface area contributed by atoms with Crippen molar-refractivity contribution in [2.45, 2.75) is 45.3 Å². The van der Waals surface area contributed by atoms with Gasteiger partial charge in [-0.05, 0) is 19.3 Å². The second-order valence-electron chi connectivity index (χ2n) is 4.22. The molecule has 0 fully saturated rings. The van der Waals surface area contributed by atoms with Crippen LogP contribution in [-0.2, 0) is 0 Å². The van der Waals surface area contributed by atoms with E-state index in [4.69, 9.17) is 6.42 Å². The van der Waals surface area contributed by atoms with Crippen molar-refractivity contribution in [3.63, 3.8) is 0 Å². The first-order valence-electron chi connectivity index (χ1n) is 4.67. The Morgan fingerprint density at radius 3 is 2.42 bits per heavy atom. The van der Waals surface area contributed by atoms with E-state index in [1.807, 2.05) is 0 Å². The van der Waals surface area contributed by atoms with Gasteiger partial charge in [-0.3, -0.25) is 0 Å².